The Balaban J connectivity index is 1.65. The molecule has 0 heterocycles. The summed E-state index contributed by atoms with van der Waals surface area (Å²) in [6.07, 6.45) is 0.181. The summed E-state index contributed by atoms with van der Waals surface area (Å²) >= 11 is 7.29. The minimum Gasteiger partial charge on any atom is -0.456 e. The molecule has 0 fully saturated rings. The number of ether oxygens (including phenoxy) is 1. The van der Waals surface area contributed by atoms with Crippen molar-refractivity contribution in [2.24, 2.45) is 0 Å². The van der Waals surface area contributed by atoms with Gasteiger partial charge in [-0.25, -0.2) is 4.39 Å². The zero-order valence-corrected chi connectivity index (χ0v) is 14.2. The molecule has 0 aliphatic rings. The average Bonchev–Trinajstić information content (AvgIpc) is 2.55. The van der Waals surface area contributed by atoms with Crippen molar-refractivity contribution in [3.8, 4) is 0 Å². The third-order valence-corrected chi connectivity index (χ3v) is 4.13. The number of nitrogens with one attached hydrogen (secondary N) is 1. The summed E-state index contributed by atoms with van der Waals surface area (Å²) in [7, 11) is 0. The van der Waals surface area contributed by atoms with E-state index in [1.165, 1.54) is 30.0 Å². The Morgan fingerprint density at radius 3 is 2.62 bits per heavy atom. The molecule has 0 bridgehead atoms. The SMILES string of the molecule is O=C(COC(=O)CCSc1ccc(Cl)cc1)Nc1cccc(F)c1. The van der Waals surface area contributed by atoms with Crippen molar-refractivity contribution < 1.29 is 18.7 Å². The number of benzene rings is 2. The molecule has 0 aliphatic heterocycles. The van der Waals surface area contributed by atoms with Crippen molar-refractivity contribution in [3.63, 3.8) is 0 Å². The second kappa shape index (κ2) is 9.30. The standard InChI is InChI=1S/C17H15ClFNO3S/c18-12-4-6-15(7-5-12)24-9-8-17(22)23-11-16(21)20-14-3-1-2-13(19)10-14/h1-7,10H,8-9,11H2,(H,20,21). The Labute approximate surface area is 148 Å². The molecule has 0 aromatic heterocycles. The van der Waals surface area contributed by atoms with E-state index < -0.39 is 24.3 Å². The van der Waals surface area contributed by atoms with Crippen LogP contribution in [-0.4, -0.2) is 24.2 Å². The van der Waals surface area contributed by atoms with Crippen LogP contribution in [0.2, 0.25) is 5.02 Å². The Hall–Kier alpha value is -2.05. The van der Waals surface area contributed by atoms with Crippen molar-refractivity contribution in [1.82, 2.24) is 0 Å². The summed E-state index contributed by atoms with van der Waals surface area (Å²) in [5, 5.41) is 3.11. The molecule has 126 valence electrons. The quantitative estimate of drug-likeness (QED) is 0.590. The molecule has 4 nitrogen and oxygen atoms in total. The Bertz CT molecular complexity index is 709. The van der Waals surface area contributed by atoms with Crippen molar-refractivity contribution in [2.45, 2.75) is 11.3 Å². The molecule has 0 atom stereocenters. The number of rotatable bonds is 7. The molecular formula is C17H15ClFNO3S. The van der Waals surface area contributed by atoms with Gasteiger partial charge in [0, 0.05) is 21.4 Å². The van der Waals surface area contributed by atoms with Crippen LogP contribution < -0.4 is 5.32 Å². The summed E-state index contributed by atoms with van der Waals surface area (Å²) in [4.78, 5) is 24.2. The Kier molecular flexibility index (Phi) is 7.08. The number of thioether (sulfide) groups is 1. The molecule has 0 saturated heterocycles. The number of amides is 1. The van der Waals surface area contributed by atoms with E-state index in [4.69, 9.17) is 16.3 Å². The topological polar surface area (TPSA) is 55.4 Å². The number of hydrogen-bond donors (Lipinski definition) is 1. The maximum absolute atomic E-state index is 13.0. The molecule has 1 amide bonds. The lowest BCUT2D eigenvalue weighted by Gasteiger charge is -2.07. The largest absolute Gasteiger partial charge is 0.456 e. The lowest BCUT2D eigenvalue weighted by atomic mass is 10.3. The van der Waals surface area contributed by atoms with Gasteiger partial charge >= 0.3 is 5.97 Å². The number of esters is 1. The summed E-state index contributed by atoms with van der Waals surface area (Å²) in [5.74, 6) is -0.902. The normalized spacial score (nSPS) is 10.2. The van der Waals surface area contributed by atoms with Crippen LogP contribution in [0.1, 0.15) is 6.42 Å². The van der Waals surface area contributed by atoms with E-state index in [1.807, 2.05) is 12.1 Å². The lowest BCUT2D eigenvalue weighted by Crippen LogP contribution is -2.21. The van der Waals surface area contributed by atoms with Gasteiger partial charge in [0.15, 0.2) is 6.61 Å². The van der Waals surface area contributed by atoms with E-state index in [1.54, 1.807) is 18.2 Å². The first-order valence-electron chi connectivity index (χ1n) is 7.12. The highest BCUT2D eigenvalue weighted by atomic mass is 35.5. The minimum absolute atomic E-state index is 0.181. The summed E-state index contributed by atoms with van der Waals surface area (Å²) in [6, 6.07) is 12.8. The van der Waals surface area contributed by atoms with Gasteiger partial charge < -0.3 is 10.1 Å². The van der Waals surface area contributed by atoms with Crippen LogP contribution in [-0.2, 0) is 14.3 Å². The fourth-order valence-electron chi connectivity index (χ4n) is 1.76. The summed E-state index contributed by atoms with van der Waals surface area (Å²) < 4.78 is 17.9. The zero-order valence-electron chi connectivity index (χ0n) is 12.6. The molecule has 2 aromatic rings. The molecule has 0 unspecified atom stereocenters. The van der Waals surface area contributed by atoms with E-state index in [9.17, 15) is 14.0 Å². The van der Waals surface area contributed by atoms with Gasteiger partial charge in [-0.15, -0.1) is 11.8 Å². The molecule has 0 spiro atoms. The van der Waals surface area contributed by atoms with Gasteiger partial charge in [-0.2, -0.15) is 0 Å². The lowest BCUT2D eigenvalue weighted by molar-refractivity contribution is -0.146. The fraction of sp³-hybridized carbons (Fsp3) is 0.176. The van der Waals surface area contributed by atoms with Crippen molar-refractivity contribution in [2.75, 3.05) is 17.7 Å². The predicted molar refractivity (Wildman–Crippen MR) is 92.8 cm³/mol. The second-order valence-corrected chi connectivity index (χ2v) is 6.38. The second-order valence-electron chi connectivity index (χ2n) is 4.77. The number of halogens is 2. The summed E-state index contributed by atoms with van der Waals surface area (Å²) in [5.41, 5.74) is 0.314. The maximum Gasteiger partial charge on any atom is 0.307 e. The molecule has 24 heavy (non-hydrogen) atoms. The molecule has 7 heteroatoms. The summed E-state index contributed by atoms with van der Waals surface area (Å²) in [6.45, 7) is -0.402. The number of anilines is 1. The monoisotopic (exact) mass is 367 g/mol. The van der Waals surface area contributed by atoms with Gasteiger partial charge in [-0.3, -0.25) is 9.59 Å². The highest BCUT2D eigenvalue weighted by molar-refractivity contribution is 7.99. The van der Waals surface area contributed by atoms with E-state index in [-0.39, 0.29) is 6.42 Å². The first-order chi connectivity index (χ1) is 11.5. The molecule has 0 radical (unpaired) electrons. The molecular weight excluding hydrogens is 353 g/mol. The third kappa shape index (κ3) is 6.60. The van der Waals surface area contributed by atoms with Crippen molar-refractivity contribution >= 4 is 40.9 Å². The van der Waals surface area contributed by atoms with Gasteiger partial charge in [0.25, 0.3) is 5.91 Å². The van der Waals surface area contributed by atoms with Gasteiger partial charge in [-0.1, -0.05) is 17.7 Å². The molecule has 2 rings (SSSR count). The van der Waals surface area contributed by atoms with E-state index in [0.29, 0.717) is 16.5 Å². The van der Waals surface area contributed by atoms with Gasteiger partial charge in [0.2, 0.25) is 0 Å². The van der Waals surface area contributed by atoms with Crippen molar-refractivity contribution in [3.05, 3.63) is 59.4 Å². The predicted octanol–water partition coefficient (Wildman–Crippen LogP) is 4.14. The maximum atomic E-state index is 13.0. The molecule has 1 N–H and O–H groups in total. The number of carbonyl (C=O) groups is 2. The third-order valence-electron chi connectivity index (χ3n) is 2.86. The van der Waals surface area contributed by atoms with Gasteiger partial charge in [-0.05, 0) is 42.5 Å². The average molecular weight is 368 g/mol. The van der Waals surface area contributed by atoms with E-state index in [2.05, 4.69) is 5.32 Å². The molecule has 2 aromatic carbocycles. The smallest absolute Gasteiger partial charge is 0.307 e. The van der Waals surface area contributed by atoms with Crippen LogP contribution in [0.4, 0.5) is 10.1 Å². The van der Waals surface area contributed by atoms with Crippen molar-refractivity contribution in [1.29, 1.82) is 0 Å². The van der Waals surface area contributed by atoms with Crippen LogP contribution >= 0.6 is 23.4 Å². The van der Waals surface area contributed by atoms with Gasteiger partial charge in [0.1, 0.15) is 5.82 Å². The minimum atomic E-state index is -0.515. The van der Waals surface area contributed by atoms with E-state index in [0.717, 1.165) is 4.90 Å². The van der Waals surface area contributed by atoms with Crippen LogP contribution in [0.5, 0.6) is 0 Å². The first-order valence-corrected chi connectivity index (χ1v) is 8.49. The highest BCUT2D eigenvalue weighted by Crippen LogP contribution is 2.21. The highest BCUT2D eigenvalue weighted by Gasteiger charge is 2.08. The van der Waals surface area contributed by atoms with Crippen LogP contribution in [0.3, 0.4) is 0 Å². The van der Waals surface area contributed by atoms with E-state index >= 15 is 0 Å². The van der Waals surface area contributed by atoms with Crippen LogP contribution in [0.25, 0.3) is 0 Å². The fourth-order valence-corrected chi connectivity index (χ4v) is 2.72. The number of hydrogen-bond acceptors (Lipinski definition) is 4. The van der Waals surface area contributed by atoms with Crippen LogP contribution in [0.15, 0.2) is 53.4 Å². The van der Waals surface area contributed by atoms with Gasteiger partial charge in [0.05, 0.1) is 6.42 Å². The Morgan fingerprint density at radius 1 is 1.17 bits per heavy atom. The van der Waals surface area contributed by atoms with Crippen LogP contribution in [0, 0.1) is 5.82 Å². The Morgan fingerprint density at radius 2 is 1.92 bits per heavy atom. The first kappa shape index (κ1) is 18.3. The zero-order chi connectivity index (χ0) is 17.4. The molecule has 0 saturated carbocycles. The molecule has 0 aliphatic carbocycles. The number of carbonyl (C=O) groups excluding carboxylic acids is 2.